The van der Waals surface area contributed by atoms with Crippen molar-refractivity contribution < 1.29 is 9.13 Å². The summed E-state index contributed by atoms with van der Waals surface area (Å²) >= 11 is 3.51. The third kappa shape index (κ3) is 3.63. The molecule has 0 radical (unpaired) electrons. The zero-order valence-electron chi connectivity index (χ0n) is 12.4. The summed E-state index contributed by atoms with van der Waals surface area (Å²) in [6.07, 6.45) is 0. The van der Waals surface area contributed by atoms with Crippen LogP contribution in [0.25, 0.3) is 0 Å². The molecule has 0 aliphatic heterocycles. The van der Waals surface area contributed by atoms with Crippen molar-refractivity contribution in [1.82, 2.24) is 5.32 Å². The molecule has 0 amide bonds. The van der Waals surface area contributed by atoms with E-state index in [2.05, 4.69) is 27.3 Å². The number of aryl methyl sites for hydroxylation is 1. The second kappa shape index (κ2) is 7.05. The van der Waals surface area contributed by atoms with E-state index in [4.69, 9.17) is 4.74 Å². The second-order valence-corrected chi connectivity index (χ2v) is 5.74. The Hall–Kier alpha value is -1.39. The zero-order chi connectivity index (χ0) is 15.4. The first-order chi connectivity index (χ1) is 10.1. The summed E-state index contributed by atoms with van der Waals surface area (Å²) in [5, 5.41) is 3.41. The van der Waals surface area contributed by atoms with Gasteiger partial charge in [-0.1, -0.05) is 35.0 Å². The maximum atomic E-state index is 13.6. The molecular weight excluding hydrogens is 333 g/mol. The fraction of sp³-hybridized carbons (Fsp3) is 0.294. The number of rotatable bonds is 5. The Morgan fingerprint density at radius 1 is 1.24 bits per heavy atom. The van der Waals surface area contributed by atoms with Gasteiger partial charge in [-0.05, 0) is 54.4 Å². The molecule has 0 aromatic heterocycles. The molecular formula is C17H19BrFNO. The van der Waals surface area contributed by atoms with Gasteiger partial charge in [0.05, 0.1) is 13.2 Å². The molecule has 0 saturated carbocycles. The van der Waals surface area contributed by atoms with Crippen molar-refractivity contribution >= 4 is 15.9 Å². The van der Waals surface area contributed by atoms with E-state index < -0.39 is 0 Å². The first kappa shape index (κ1) is 16.0. The average molecular weight is 352 g/mol. The van der Waals surface area contributed by atoms with Crippen molar-refractivity contribution in [2.75, 3.05) is 13.7 Å². The molecule has 112 valence electrons. The molecule has 0 aliphatic carbocycles. The Labute approximate surface area is 133 Å². The van der Waals surface area contributed by atoms with Crippen molar-refractivity contribution in [2.24, 2.45) is 0 Å². The Morgan fingerprint density at radius 3 is 2.62 bits per heavy atom. The van der Waals surface area contributed by atoms with Crippen molar-refractivity contribution in [1.29, 1.82) is 0 Å². The summed E-state index contributed by atoms with van der Waals surface area (Å²) in [6.45, 7) is 4.83. The van der Waals surface area contributed by atoms with Crippen LogP contribution >= 0.6 is 15.9 Å². The topological polar surface area (TPSA) is 21.3 Å². The van der Waals surface area contributed by atoms with Gasteiger partial charge in [0.15, 0.2) is 0 Å². The maximum absolute atomic E-state index is 13.6. The first-order valence-electron chi connectivity index (χ1n) is 6.89. The smallest absolute Gasteiger partial charge is 0.123 e. The summed E-state index contributed by atoms with van der Waals surface area (Å²) in [5.74, 6) is 0.619. The van der Waals surface area contributed by atoms with Crippen LogP contribution in [0, 0.1) is 12.7 Å². The Balaban J connectivity index is 2.48. The number of methoxy groups -OCH3 is 1. The van der Waals surface area contributed by atoms with Crippen LogP contribution in [0.3, 0.4) is 0 Å². The normalized spacial score (nSPS) is 12.2. The van der Waals surface area contributed by atoms with Gasteiger partial charge in [0.2, 0.25) is 0 Å². The predicted octanol–water partition coefficient (Wildman–Crippen LogP) is 4.60. The number of ether oxygens (including phenoxy) is 1. The van der Waals surface area contributed by atoms with Gasteiger partial charge in [-0.15, -0.1) is 0 Å². The molecule has 0 spiro atoms. The van der Waals surface area contributed by atoms with Gasteiger partial charge < -0.3 is 10.1 Å². The van der Waals surface area contributed by atoms with Crippen LogP contribution in [0.15, 0.2) is 40.9 Å². The van der Waals surface area contributed by atoms with E-state index in [1.807, 2.05) is 26.0 Å². The van der Waals surface area contributed by atoms with E-state index in [1.165, 1.54) is 6.07 Å². The average Bonchev–Trinajstić information content (AvgIpc) is 2.47. The summed E-state index contributed by atoms with van der Waals surface area (Å²) < 4.78 is 19.8. The third-order valence-corrected chi connectivity index (χ3v) is 4.15. The molecule has 0 heterocycles. The fourth-order valence-corrected chi connectivity index (χ4v) is 2.90. The fourth-order valence-electron chi connectivity index (χ4n) is 2.43. The van der Waals surface area contributed by atoms with Crippen molar-refractivity contribution in [2.45, 2.75) is 19.9 Å². The molecule has 0 aliphatic rings. The largest absolute Gasteiger partial charge is 0.496 e. The number of hydrogen-bond donors (Lipinski definition) is 1. The van der Waals surface area contributed by atoms with E-state index >= 15 is 0 Å². The number of nitrogens with one attached hydrogen (secondary N) is 1. The summed E-state index contributed by atoms with van der Waals surface area (Å²) in [6, 6.07) is 10.7. The molecule has 1 atom stereocenters. The lowest BCUT2D eigenvalue weighted by atomic mass is 9.97. The van der Waals surface area contributed by atoms with Gasteiger partial charge in [0.25, 0.3) is 0 Å². The lowest BCUT2D eigenvalue weighted by molar-refractivity contribution is 0.411. The number of halogens is 2. The number of hydrogen-bond acceptors (Lipinski definition) is 2. The molecule has 2 nitrogen and oxygen atoms in total. The standard InChI is InChI=1S/C17H19BrFNO/c1-4-20-17(14-10-13(19)6-7-15(14)18)12-5-8-16(21-3)11(2)9-12/h5-10,17,20H,4H2,1-3H3. The van der Waals surface area contributed by atoms with Gasteiger partial charge in [0.1, 0.15) is 11.6 Å². The molecule has 1 unspecified atom stereocenters. The summed E-state index contributed by atoms with van der Waals surface area (Å²) in [4.78, 5) is 0. The Morgan fingerprint density at radius 2 is 2.00 bits per heavy atom. The molecule has 0 saturated heterocycles. The lowest BCUT2D eigenvalue weighted by Gasteiger charge is -2.21. The van der Waals surface area contributed by atoms with E-state index in [0.717, 1.165) is 33.5 Å². The highest BCUT2D eigenvalue weighted by molar-refractivity contribution is 9.10. The Bertz CT molecular complexity index is 630. The quantitative estimate of drug-likeness (QED) is 0.849. The Kier molecular flexibility index (Phi) is 5.37. The van der Waals surface area contributed by atoms with Crippen LogP contribution in [0.2, 0.25) is 0 Å². The minimum Gasteiger partial charge on any atom is -0.496 e. The summed E-state index contributed by atoms with van der Waals surface area (Å²) in [5.41, 5.74) is 3.04. The monoisotopic (exact) mass is 351 g/mol. The van der Waals surface area contributed by atoms with E-state index in [-0.39, 0.29) is 11.9 Å². The third-order valence-electron chi connectivity index (χ3n) is 3.43. The maximum Gasteiger partial charge on any atom is 0.123 e. The van der Waals surface area contributed by atoms with Crippen LogP contribution in [-0.4, -0.2) is 13.7 Å². The summed E-state index contributed by atoms with van der Waals surface area (Å²) in [7, 11) is 1.66. The predicted molar refractivity (Wildman–Crippen MR) is 87.4 cm³/mol. The SMILES string of the molecule is CCNC(c1ccc(OC)c(C)c1)c1cc(F)ccc1Br. The van der Waals surface area contributed by atoms with E-state index in [9.17, 15) is 4.39 Å². The van der Waals surface area contributed by atoms with Crippen molar-refractivity contribution in [3.8, 4) is 5.75 Å². The molecule has 4 heteroatoms. The van der Waals surface area contributed by atoms with Gasteiger partial charge in [0, 0.05) is 4.47 Å². The van der Waals surface area contributed by atoms with Crippen LogP contribution < -0.4 is 10.1 Å². The van der Waals surface area contributed by atoms with Gasteiger partial charge in [-0.2, -0.15) is 0 Å². The van der Waals surface area contributed by atoms with E-state index in [0.29, 0.717) is 0 Å². The van der Waals surface area contributed by atoms with Crippen LogP contribution in [0.4, 0.5) is 4.39 Å². The van der Waals surface area contributed by atoms with Crippen LogP contribution in [0.1, 0.15) is 29.7 Å². The molecule has 21 heavy (non-hydrogen) atoms. The first-order valence-corrected chi connectivity index (χ1v) is 7.69. The van der Waals surface area contributed by atoms with Crippen molar-refractivity contribution in [3.63, 3.8) is 0 Å². The molecule has 2 aromatic carbocycles. The zero-order valence-corrected chi connectivity index (χ0v) is 14.0. The minimum absolute atomic E-state index is 0.0651. The van der Waals surface area contributed by atoms with Gasteiger partial charge >= 0.3 is 0 Å². The molecule has 0 fully saturated rings. The lowest BCUT2D eigenvalue weighted by Crippen LogP contribution is -2.22. The van der Waals surface area contributed by atoms with Crippen LogP contribution in [-0.2, 0) is 0 Å². The molecule has 2 rings (SSSR count). The molecule has 0 bridgehead atoms. The van der Waals surface area contributed by atoms with Crippen molar-refractivity contribution in [3.05, 3.63) is 63.4 Å². The second-order valence-electron chi connectivity index (χ2n) is 4.89. The van der Waals surface area contributed by atoms with Gasteiger partial charge in [-0.3, -0.25) is 0 Å². The molecule has 2 aromatic rings. The highest BCUT2D eigenvalue weighted by Crippen LogP contribution is 2.31. The van der Waals surface area contributed by atoms with E-state index in [1.54, 1.807) is 19.2 Å². The number of benzene rings is 2. The highest BCUT2D eigenvalue weighted by Gasteiger charge is 2.17. The molecule has 1 N–H and O–H groups in total. The van der Waals surface area contributed by atoms with Crippen LogP contribution in [0.5, 0.6) is 5.75 Å². The highest BCUT2D eigenvalue weighted by atomic mass is 79.9. The van der Waals surface area contributed by atoms with Gasteiger partial charge in [-0.25, -0.2) is 4.39 Å². The minimum atomic E-state index is -0.235.